The van der Waals surface area contributed by atoms with Crippen LogP contribution in [0.2, 0.25) is 5.02 Å². The first-order chi connectivity index (χ1) is 12.3. The number of nitrogens with one attached hydrogen (secondary N) is 1. The van der Waals surface area contributed by atoms with Gasteiger partial charge in [-0.3, -0.25) is 9.59 Å². The van der Waals surface area contributed by atoms with E-state index in [4.69, 9.17) is 11.6 Å². The largest absolute Gasteiger partial charge is 0.326 e. The number of rotatable bonds is 6. The molecule has 0 aliphatic carbocycles. The molecule has 2 aromatic carbocycles. The lowest BCUT2D eigenvalue weighted by molar-refractivity contribution is -0.117. The summed E-state index contributed by atoms with van der Waals surface area (Å²) in [7, 11) is 0. The van der Waals surface area contributed by atoms with Crippen LogP contribution in [0.3, 0.4) is 0 Å². The van der Waals surface area contributed by atoms with Gasteiger partial charge in [0.1, 0.15) is 0 Å². The number of aryl methyl sites for hydroxylation is 1. The number of para-hydroxylation sites is 1. The van der Waals surface area contributed by atoms with Gasteiger partial charge in [-0.05, 0) is 42.2 Å². The van der Waals surface area contributed by atoms with Gasteiger partial charge in [0, 0.05) is 36.3 Å². The molecule has 5 heteroatoms. The first-order valence-electron chi connectivity index (χ1n) is 8.72. The molecule has 0 aliphatic rings. The molecule has 0 saturated carbocycles. The van der Waals surface area contributed by atoms with Crippen molar-refractivity contribution in [2.45, 2.75) is 40.0 Å². The molecule has 0 bridgehead atoms. The lowest BCUT2D eigenvalue weighted by Crippen LogP contribution is -2.32. The lowest BCUT2D eigenvalue weighted by atomic mass is 9.98. The molecule has 0 radical (unpaired) electrons. The molecule has 0 spiro atoms. The summed E-state index contributed by atoms with van der Waals surface area (Å²) in [5, 5.41) is 3.57. The van der Waals surface area contributed by atoms with E-state index in [9.17, 15) is 9.59 Å². The van der Waals surface area contributed by atoms with Crippen molar-refractivity contribution in [3.63, 3.8) is 0 Å². The average molecular weight is 373 g/mol. The summed E-state index contributed by atoms with van der Waals surface area (Å²) in [6.45, 7) is 7.96. The number of hydrogen-bond donors (Lipinski definition) is 1. The van der Waals surface area contributed by atoms with Gasteiger partial charge in [-0.1, -0.05) is 49.7 Å². The highest BCUT2D eigenvalue weighted by Crippen LogP contribution is 2.27. The lowest BCUT2D eigenvalue weighted by Gasteiger charge is -2.22. The van der Waals surface area contributed by atoms with Gasteiger partial charge >= 0.3 is 0 Å². The van der Waals surface area contributed by atoms with Gasteiger partial charge in [-0.25, -0.2) is 0 Å². The number of hydrogen-bond acceptors (Lipinski definition) is 2. The van der Waals surface area contributed by atoms with Gasteiger partial charge in [0.2, 0.25) is 11.8 Å². The molecule has 0 aliphatic heterocycles. The Morgan fingerprint density at radius 3 is 2.46 bits per heavy atom. The molecule has 0 heterocycles. The Balaban J connectivity index is 2.09. The zero-order valence-corrected chi connectivity index (χ0v) is 16.4. The second-order valence-corrected chi connectivity index (χ2v) is 7.08. The Labute approximate surface area is 160 Å². The Hall–Kier alpha value is -2.33. The number of carbonyl (C=O) groups is 2. The van der Waals surface area contributed by atoms with Crippen LogP contribution in [0.4, 0.5) is 11.4 Å². The van der Waals surface area contributed by atoms with Gasteiger partial charge in [-0.15, -0.1) is 0 Å². The van der Waals surface area contributed by atoms with Crippen LogP contribution >= 0.6 is 11.6 Å². The molecule has 2 rings (SSSR count). The summed E-state index contributed by atoms with van der Waals surface area (Å²) in [6.07, 6.45) is 0.206. The number of carbonyl (C=O) groups excluding carboxylic acids is 2. The number of nitrogens with zero attached hydrogens (tertiary/aromatic N) is 1. The summed E-state index contributed by atoms with van der Waals surface area (Å²) in [6, 6.07) is 13.1. The molecular weight excluding hydrogens is 348 g/mol. The number of amides is 2. The molecule has 1 N–H and O–H groups in total. The van der Waals surface area contributed by atoms with Crippen LogP contribution in [0.5, 0.6) is 0 Å². The summed E-state index contributed by atoms with van der Waals surface area (Å²) in [4.78, 5) is 26.0. The third-order valence-corrected chi connectivity index (χ3v) is 4.49. The van der Waals surface area contributed by atoms with Crippen LogP contribution in [0.15, 0.2) is 42.5 Å². The smallest absolute Gasteiger partial charge is 0.226 e. The van der Waals surface area contributed by atoms with E-state index in [0.717, 1.165) is 16.8 Å². The topological polar surface area (TPSA) is 49.4 Å². The minimum Gasteiger partial charge on any atom is -0.326 e. The van der Waals surface area contributed by atoms with Gasteiger partial charge in [0.15, 0.2) is 0 Å². The van der Waals surface area contributed by atoms with E-state index in [1.54, 1.807) is 23.1 Å². The third kappa shape index (κ3) is 5.09. The fourth-order valence-electron chi connectivity index (χ4n) is 2.87. The fraction of sp³-hybridized carbons (Fsp3) is 0.333. The molecule has 138 valence electrons. The molecular formula is C21H25ClN2O2. The van der Waals surface area contributed by atoms with Crippen molar-refractivity contribution in [1.29, 1.82) is 0 Å². The Kier molecular flexibility index (Phi) is 6.81. The van der Waals surface area contributed by atoms with E-state index in [0.29, 0.717) is 23.2 Å². The monoisotopic (exact) mass is 372 g/mol. The van der Waals surface area contributed by atoms with Crippen molar-refractivity contribution < 1.29 is 9.59 Å². The second-order valence-electron chi connectivity index (χ2n) is 6.64. The molecule has 0 saturated heterocycles. The summed E-state index contributed by atoms with van der Waals surface area (Å²) < 4.78 is 0. The maximum atomic E-state index is 12.5. The van der Waals surface area contributed by atoms with Crippen LogP contribution in [0, 0.1) is 6.92 Å². The minimum absolute atomic E-state index is 0.116. The van der Waals surface area contributed by atoms with Crippen molar-refractivity contribution in [1.82, 2.24) is 0 Å². The van der Waals surface area contributed by atoms with E-state index < -0.39 is 0 Å². The van der Waals surface area contributed by atoms with Crippen LogP contribution in [-0.4, -0.2) is 18.4 Å². The summed E-state index contributed by atoms with van der Waals surface area (Å²) in [5.41, 5.74) is 3.70. The highest BCUT2D eigenvalue weighted by Gasteiger charge is 2.16. The molecule has 0 aromatic heterocycles. The van der Waals surface area contributed by atoms with E-state index in [1.165, 1.54) is 6.92 Å². The molecule has 2 amide bonds. The van der Waals surface area contributed by atoms with Crippen LogP contribution in [0.25, 0.3) is 0 Å². The van der Waals surface area contributed by atoms with Gasteiger partial charge < -0.3 is 10.2 Å². The van der Waals surface area contributed by atoms with Gasteiger partial charge in [-0.2, -0.15) is 0 Å². The minimum atomic E-state index is -0.126. The van der Waals surface area contributed by atoms with Crippen LogP contribution in [0.1, 0.15) is 44.2 Å². The maximum Gasteiger partial charge on any atom is 0.226 e. The van der Waals surface area contributed by atoms with Gasteiger partial charge in [0.25, 0.3) is 0 Å². The number of benzene rings is 2. The quantitative estimate of drug-likeness (QED) is 0.761. The Morgan fingerprint density at radius 1 is 1.15 bits per heavy atom. The fourth-order valence-corrected chi connectivity index (χ4v) is 3.05. The predicted molar refractivity (Wildman–Crippen MR) is 108 cm³/mol. The SMILES string of the molecule is CC(=O)N(CCC(=O)Nc1c(C)cccc1C(C)C)c1cccc(Cl)c1. The van der Waals surface area contributed by atoms with Crippen LogP contribution < -0.4 is 10.2 Å². The Morgan fingerprint density at radius 2 is 1.85 bits per heavy atom. The summed E-state index contributed by atoms with van der Waals surface area (Å²) in [5.74, 6) is 0.0682. The first kappa shape index (κ1) is 20.0. The van der Waals surface area contributed by atoms with E-state index in [2.05, 4.69) is 19.2 Å². The van der Waals surface area contributed by atoms with Crippen molar-refractivity contribution in [2.24, 2.45) is 0 Å². The Bertz CT molecular complexity index is 802. The zero-order valence-electron chi connectivity index (χ0n) is 15.7. The number of anilines is 2. The van der Waals surface area contributed by atoms with Crippen molar-refractivity contribution >= 4 is 34.8 Å². The molecule has 2 aromatic rings. The summed E-state index contributed by atoms with van der Waals surface area (Å²) >= 11 is 6.01. The molecule has 4 nitrogen and oxygen atoms in total. The van der Waals surface area contributed by atoms with Crippen LogP contribution in [-0.2, 0) is 9.59 Å². The van der Waals surface area contributed by atoms with E-state index in [1.807, 2.05) is 31.2 Å². The van der Waals surface area contributed by atoms with E-state index in [-0.39, 0.29) is 18.2 Å². The second kappa shape index (κ2) is 8.86. The number of halogens is 1. The zero-order chi connectivity index (χ0) is 19.3. The normalized spacial score (nSPS) is 10.7. The third-order valence-electron chi connectivity index (χ3n) is 4.25. The van der Waals surface area contributed by atoms with Gasteiger partial charge in [0.05, 0.1) is 0 Å². The predicted octanol–water partition coefficient (Wildman–Crippen LogP) is 5.15. The standard InChI is InChI=1S/C21H25ClN2O2/c1-14(2)19-10-5-7-15(3)21(19)23-20(26)11-12-24(16(4)25)18-9-6-8-17(22)13-18/h5-10,13-14H,11-12H2,1-4H3,(H,23,26). The highest BCUT2D eigenvalue weighted by molar-refractivity contribution is 6.30. The maximum absolute atomic E-state index is 12.5. The molecule has 0 fully saturated rings. The molecule has 0 unspecified atom stereocenters. The first-order valence-corrected chi connectivity index (χ1v) is 9.10. The molecule has 26 heavy (non-hydrogen) atoms. The van der Waals surface area contributed by atoms with Crippen molar-refractivity contribution in [2.75, 3.05) is 16.8 Å². The highest BCUT2D eigenvalue weighted by atomic mass is 35.5. The van der Waals surface area contributed by atoms with E-state index >= 15 is 0 Å². The molecule has 0 atom stereocenters. The van der Waals surface area contributed by atoms with Crippen molar-refractivity contribution in [3.8, 4) is 0 Å². The average Bonchev–Trinajstić information content (AvgIpc) is 2.56. The van der Waals surface area contributed by atoms with Crippen molar-refractivity contribution in [3.05, 3.63) is 58.6 Å².